The maximum atomic E-state index is 6.25. The van der Waals surface area contributed by atoms with Crippen molar-refractivity contribution in [2.45, 2.75) is 5.92 Å². The molecule has 0 radical (unpaired) electrons. The highest BCUT2D eigenvalue weighted by Gasteiger charge is 2.28. The van der Waals surface area contributed by atoms with E-state index in [1.165, 1.54) is 22.3 Å². The van der Waals surface area contributed by atoms with Gasteiger partial charge < -0.3 is 0 Å². The van der Waals surface area contributed by atoms with Crippen LogP contribution in [0.2, 0.25) is 15.1 Å². The number of hydrogen-bond donors (Lipinski definition) is 0. The molecule has 0 fully saturated rings. The Balaban J connectivity index is 1.88. The van der Waals surface area contributed by atoms with Gasteiger partial charge in [-0.1, -0.05) is 65.1 Å². The number of hydrogen-bond acceptors (Lipinski definition) is 0. The van der Waals surface area contributed by atoms with Gasteiger partial charge in [0.1, 0.15) is 0 Å². The Morgan fingerprint density at radius 1 is 0.625 bits per heavy atom. The van der Waals surface area contributed by atoms with Crippen LogP contribution >= 0.6 is 34.8 Å². The highest BCUT2D eigenvalue weighted by molar-refractivity contribution is 6.31. The number of allylic oxidation sites excluding steroid dienone is 1. The van der Waals surface area contributed by atoms with Crippen molar-refractivity contribution in [3.05, 3.63) is 104 Å². The van der Waals surface area contributed by atoms with Crippen LogP contribution in [0.1, 0.15) is 28.2 Å². The van der Waals surface area contributed by atoms with E-state index in [9.17, 15) is 0 Å². The molecule has 0 heterocycles. The highest BCUT2D eigenvalue weighted by atomic mass is 35.5. The largest absolute Gasteiger partial charge is 0.0843 e. The lowest BCUT2D eigenvalue weighted by molar-refractivity contribution is 1.07. The van der Waals surface area contributed by atoms with Gasteiger partial charge in [0.15, 0.2) is 0 Å². The maximum absolute atomic E-state index is 6.25. The summed E-state index contributed by atoms with van der Waals surface area (Å²) in [7, 11) is 0. The Morgan fingerprint density at radius 2 is 1.21 bits per heavy atom. The fraction of sp³-hybridized carbons (Fsp3) is 0.0476. The number of rotatable bonds is 2. The van der Waals surface area contributed by atoms with E-state index in [-0.39, 0.29) is 5.92 Å². The average Bonchev–Trinajstić information content (AvgIpc) is 2.95. The minimum absolute atomic E-state index is 0.136. The Labute approximate surface area is 156 Å². The summed E-state index contributed by atoms with van der Waals surface area (Å²) in [5.41, 5.74) is 6.01. The molecule has 0 N–H and O–H groups in total. The third-order valence-electron chi connectivity index (χ3n) is 4.36. The summed E-state index contributed by atoms with van der Waals surface area (Å²) < 4.78 is 0. The van der Waals surface area contributed by atoms with E-state index in [1.807, 2.05) is 30.3 Å². The normalized spacial score (nSPS) is 16.0. The standard InChI is InChI=1S/C21H13Cl3/c22-16-6-1-13(2-7-16)19-11-15-5-10-18(24)12-20(15)21(19)14-3-8-17(23)9-4-14/h1-12,21H. The molecule has 4 rings (SSSR count). The third-order valence-corrected chi connectivity index (χ3v) is 5.10. The minimum Gasteiger partial charge on any atom is -0.0843 e. The van der Waals surface area contributed by atoms with E-state index in [0.29, 0.717) is 0 Å². The summed E-state index contributed by atoms with van der Waals surface area (Å²) in [5.74, 6) is 0.136. The summed E-state index contributed by atoms with van der Waals surface area (Å²) in [6.07, 6.45) is 2.23. The van der Waals surface area contributed by atoms with Crippen LogP contribution in [0.4, 0.5) is 0 Å². The zero-order chi connectivity index (χ0) is 16.7. The van der Waals surface area contributed by atoms with Crippen molar-refractivity contribution in [1.82, 2.24) is 0 Å². The molecule has 118 valence electrons. The van der Waals surface area contributed by atoms with Crippen molar-refractivity contribution in [1.29, 1.82) is 0 Å². The number of fused-ring (bicyclic) bond motifs is 1. The van der Waals surface area contributed by atoms with Crippen LogP contribution in [-0.2, 0) is 0 Å². The summed E-state index contributed by atoms with van der Waals surface area (Å²) in [5, 5.41) is 2.22. The lowest BCUT2D eigenvalue weighted by Crippen LogP contribution is -2.01. The molecule has 3 aromatic rings. The van der Waals surface area contributed by atoms with Gasteiger partial charge in [0.2, 0.25) is 0 Å². The minimum atomic E-state index is 0.136. The quantitative estimate of drug-likeness (QED) is 0.442. The van der Waals surface area contributed by atoms with Gasteiger partial charge in [0, 0.05) is 21.0 Å². The monoisotopic (exact) mass is 370 g/mol. The molecular formula is C21H13Cl3. The second-order valence-corrected chi connectivity index (χ2v) is 7.17. The maximum Gasteiger partial charge on any atom is 0.0409 e. The van der Waals surface area contributed by atoms with Gasteiger partial charge in [-0.2, -0.15) is 0 Å². The van der Waals surface area contributed by atoms with Gasteiger partial charge in [0.25, 0.3) is 0 Å². The molecule has 0 saturated carbocycles. The van der Waals surface area contributed by atoms with Crippen LogP contribution < -0.4 is 0 Å². The topological polar surface area (TPSA) is 0 Å². The predicted octanol–water partition coefficient (Wildman–Crippen LogP) is 7.33. The van der Waals surface area contributed by atoms with Crippen molar-refractivity contribution < 1.29 is 0 Å². The molecule has 1 aliphatic rings. The van der Waals surface area contributed by atoms with E-state index < -0.39 is 0 Å². The first-order valence-corrected chi connectivity index (χ1v) is 8.77. The van der Waals surface area contributed by atoms with Crippen LogP contribution in [0.15, 0.2) is 66.7 Å². The second-order valence-electron chi connectivity index (χ2n) is 5.86. The van der Waals surface area contributed by atoms with Crippen LogP contribution in [0.5, 0.6) is 0 Å². The lowest BCUT2D eigenvalue weighted by atomic mass is 9.85. The lowest BCUT2D eigenvalue weighted by Gasteiger charge is -2.18. The van der Waals surface area contributed by atoms with Crippen molar-refractivity contribution in [2.24, 2.45) is 0 Å². The summed E-state index contributed by atoms with van der Waals surface area (Å²) in [4.78, 5) is 0. The predicted molar refractivity (Wildman–Crippen MR) is 104 cm³/mol. The molecule has 3 aromatic carbocycles. The molecule has 0 spiro atoms. The first-order chi connectivity index (χ1) is 11.6. The molecular weight excluding hydrogens is 359 g/mol. The Bertz CT molecular complexity index is 922. The molecule has 1 aliphatic carbocycles. The van der Waals surface area contributed by atoms with Gasteiger partial charge in [-0.3, -0.25) is 0 Å². The Morgan fingerprint density at radius 3 is 1.88 bits per heavy atom. The molecule has 3 heteroatoms. The highest BCUT2D eigenvalue weighted by Crippen LogP contribution is 2.46. The van der Waals surface area contributed by atoms with Gasteiger partial charge in [-0.15, -0.1) is 0 Å². The van der Waals surface area contributed by atoms with Crippen molar-refractivity contribution in [3.8, 4) is 0 Å². The van der Waals surface area contributed by atoms with Crippen LogP contribution in [0.3, 0.4) is 0 Å². The fourth-order valence-electron chi connectivity index (χ4n) is 3.25. The van der Waals surface area contributed by atoms with E-state index in [4.69, 9.17) is 34.8 Å². The van der Waals surface area contributed by atoms with Crippen LogP contribution in [0, 0.1) is 0 Å². The Hall–Kier alpha value is -1.73. The molecule has 0 saturated heterocycles. The van der Waals surface area contributed by atoms with Gasteiger partial charge in [0.05, 0.1) is 0 Å². The molecule has 1 atom stereocenters. The van der Waals surface area contributed by atoms with Crippen LogP contribution in [0.25, 0.3) is 11.6 Å². The number of benzene rings is 3. The zero-order valence-corrected chi connectivity index (χ0v) is 14.9. The van der Waals surface area contributed by atoms with E-state index in [0.717, 1.165) is 20.6 Å². The summed E-state index contributed by atoms with van der Waals surface area (Å²) >= 11 is 18.4. The van der Waals surface area contributed by atoms with Crippen molar-refractivity contribution in [2.75, 3.05) is 0 Å². The van der Waals surface area contributed by atoms with E-state index in [2.05, 4.69) is 42.5 Å². The van der Waals surface area contributed by atoms with E-state index >= 15 is 0 Å². The molecule has 0 aromatic heterocycles. The molecule has 0 amide bonds. The molecule has 0 aliphatic heterocycles. The molecule has 1 unspecified atom stereocenters. The molecule has 0 nitrogen and oxygen atoms in total. The zero-order valence-electron chi connectivity index (χ0n) is 12.6. The third kappa shape index (κ3) is 2.86. The summed E-state index contributed by atoms with van der Waals surface area (Å²) in [6, 6.07) is 22.0. The van der Waals surface area contributed by atoms with Crippen LogP contribution in [-0.4, -0.2) is 0 Å². The second kappa shape index (κ2) is 6.29. The number of halogens is 3. The van der Waals surface area contributed by atoms with Gasteiger partial charge in [-0.25, -0.2) is 0 Å². The van der Waals surface area contributed by atoms with E-state index in [1.54, 1.807) is 0 Å². The molecule has 0 bridgehead atoms. The van der Waals surface area contributed by atoms with Gasteiger partial charge >= 0.3 is 0 Å². The molecule has 24 heavy (non-hydrogen) atoms. The van der Waals surface area contributed by atoms with Crippen molar-refractivity contribution in [3.63, 3.8) is 0 Å². The first-order valence-electron chi connectivity index (χ1n) is 7.64. The van der Waals surface area contributed by atoms with Gasteiger partial charge in [-0.05, 0) is 70.3 Å². The summed E-state index contributed by atoms with van der Waals surface area (Å²) in [6.45, 7) is 0. The fourth-order valence-corrected chi connectivity index (χ4v) is 3.68. The smallest absolute Gasteiger partial charge is 0.0409 e. The first kappa shape index (κ1) is 15.8. The average molecular weight is 372 g/mol. The SMILES string of the molecule is Clc1ccc(C2=Cc3ccc(Cl)cc3C2c2ccc(Cl)cc2)cc1. The van der Waals surface area contributed by atoms with Crippen molar-refractivity contribution >= 4 is 46.5 Å². The Kier molecular flexibility index (Phi) is 4.14.